The zero-order chi connectivity index (χ0) is 14.0. The lowest BCUT2D eigenvalue weighted by Crippen LogP contribution is -2.39. The van der Waals surface area contributed by atoms with Gasteiger partial charge < -0.3 is 4.90 Å². The van der Waals surface area contributed by atoms with E-state index in [1.54, 1.807) is 0 Å². The van der Waals surface area contributed by atoms with Gasteiger partial charge in [0.1, 0.15) is 0 Å². The van der Waals surface area contributed by atoms with Crippen LogP contribution in [0.2, 0.25) is 0 Å². The quantitative estimate of drug-likeness (QED) is 0.804. The van der Waals surface area contributed by atoms with E-state index in [9.17, 15) is 8.78 Å². The van der Waals surface area contributed by atoms with E-state index in [0.29, 0.717) is 24.8 Å². The highest BCUT2D eigenvalue weighted by molar-refractivity contribution is 5.15. The highest BCUT2D eigenvalue weighted by Crippen LogP contribution is 2.36. The van der Waals surface area contributed by atoms with Crippen LogP contribution >= 0.6 is 0 Å². The van der Waals surface area contributed by atoms with Crippen molar-refractivity contribution in [1.29, 1.82) is 0 Å². The molecule has 3 heteroatoms. The molecular formula is C17H23F2N. The van der Waals surface area contributed by atoms with Crippen molar-refractivity contribution < 1.29 is 8.78 Å². The Morgan fingerprint density at radius 3 is 2.45 bits per heavy atom. The molecular weight excluding hydrogens is 256 g/mol. The smallest absolute Gasteiger partial charge is 0.248 e. The maximum atomic E-state index is 13.2. The van der Waals surface area contributed by atoms with E-state index in [0.717, 1.165) is 19.5 Å². The lowest BCUT2D eigenvalue weighted by Gasteiger charge is -2.34. The number of hydrogen-bond donors (Lipinski definition) is 0. The summed E-state index contributed by atoms with van der Waals surface area (Å²) in [7, 11) is 0. The molecule has 1 nitrogen and oxygen atoms in total. The minimum absolute atomic E-state index is 0.0809. The molecule has 0 radical (unpaired) electrons. The lowest BCUT2D eigenvalue weighted by atomic mass is 9.91. The highest BCUT2D eigenvalue weighted by Gasteiger charge is 2.38. The number of hydrogen-bond acceptors (Lipinski definition) is 1. The molecule has 3 rings (SSSR count). The van der Waals surface area contributed by atoms with Crippen molar-refractivity contribution in [2.45, 2.75) is 50.5 Å². The minimum Gasteiger partial charge on any atom is -0.300 e. The Hall–Kier alpha value is -0.960. The lowest BCUT2D eigenvalue weighted by molar-refractivity contribution is -0.0518. The molecule has 1 saturated carbocycles. The van der Waals surface area contributed by atoms with Crippen LogP contribution in [0.25, 0.3) is 0 Å². The second kappa shape index (κ2) is 5.80. The summed E-state index contributed by atoms with van der Waals surface area (Å²) < 4.78 is 26.4. The van der Waals surface area contributed by atoms with Gasteiger partial charge in [-0.05, 0) is 43.7 Å². The fourth-order valence-corrected chi connectivity index (χ4v) is 3.70. The number of alkyl halides is 2. The van der Waals surface area contributed by atoms with Gasteiger partial charge in [-0.1, -0.05) is 30.3 Å². The summed E-state index contributed by atoms with van der Waals surface area (Å²) in [6, 6.07) is 11.0. The van der Waals surface area contributed by atoms with Crippen molar-refractivity contribution in [3.63, 3.8) is 0 Å². The van der Waals surface area contributed by atoms with Crippen molar-refractivity contribution in [1.82, 2.24) is 4.90 Å². The largest absolute Gasteiger partial charge is 0.300 e. The molecule has 0 amide bonds. The molecule has 0 bridgehead atoms. The predicted octanol–water partition coefficient (Wildman–Crippen LogP) is 4.13. The monoisotopic (exact) mass is 279 g/mol. The van der Waals surface area contributed by atoms with E-state index in [2.05, 4.69) is 29.2 Å². The zero-order valence-electron chi connectivity index (χ0n) is 11.9. The van der Waals surface area contributed by atoms with Gasteiger partial charge in [-0.3, -0.25) is 0 Å². The van der Waals surface area contributed by atoms with E-state index >= 15 is 0 Å². The molecule has 1 aliphatic carbocycles. The van der Waals surface area contributed by atoms with Gasteiger partial charge in [-0.2, -0.15) is 0 Å². The maximum Gasteiger partial charge on any atom is 0.248 e. The van der Waals surface area contributed by atoms with Crippen LogP contribution in [0.3, 0.4) is 0 Å². The Morgan fingerprint density at radius 2 is 1.75 bits per heavy atom. The summed E-state index contributed by atoms with van der Waals surface area (Å²) in [6.07, 6.45) is 3.84. The van der Waals surface area contributed by atoms with Crippen molar-refractivity contribution in [2.75, 3.05) is 13.1 Å². The fourth-order valence-electron chi connectivity index (χ4n) is 3.70. The Bertz CT molecular complexity index is 422. The van der Waals surface area contributed by atoms with Crippen LogP contribution in [0.4, 0.5) is 8.78 Å². The third-order valence-electron chi connectivity index (χ3n) is 4.89. The van der Waals surface area contributed by atoms with E-state index in [1.807, 2.05) is 6.07 Å². The first kappa shape index (κ1) is 14.0. The van der Waals surface area contributed by atoms with Crippen LogP contribution < -0.4 is 0 Å². The molecule has 2 fully saturated rings. The molecule has 1 atom stereocenters. The van der Waals surface area contributed by atoms with Gasteiger partial charge in [0, 0.05) is 25.4 Å². The van der Waals surface area contributed by atoms with Crippen molar-refractivity contribution in [3.05, 3.63) is 35.9 Å². The third kappa shape index (κ3) is 3.38. The van der Waals surface area contributed by atoms with Crippen molar-refractivity contribution in [2.24, 2.45) is 5.92 Å². The average Bonchev–Trinajstić information content (AvgIpc) is 2.88. The number of halogens is 2. The zero-order valence-corrected chi connectivity index (χ0v) is 11.9. The molecule has 0 spiro atoms. The maximum absolute atomic E-state index is 13.2. The number of benzene rings is 1. The Balaban J connectivity index is 1.50. The predicted molar refractivity (Wildman–Crippen MR) is 77.0 cm³/mol. The molecule has 1 saturated heterocycles. The number of rotatable bonds is 3. The normalized spacial score (nSPS) is 27.8. The molecule has 110 valence electrons. The SMILES string of the molecule is FC1(F)CCC(N2CCC(Cc3ccccc3)C2)CC1. The average molecular weight is 279 g/mol. The van der Waals surface area contributed by atoms with Crippen molar-refractivity contribution >= 4 is 0 Å². The van der Waals surface area contributed by atoms with Gasteiger partial charge in [0.2, 0.25) is 5.92 Å². The molecule has 1 aromatic carbocycles. The number of likely N-dealkylation sites (tertiary alicyclic amines) is 1. The third-order valence-corrected chi connectivity index (χ3v) is 4.89. The molecule has 1 aromatic rings. The summed E-state index contributed by atoms with van der Waals surface area (Å²) in [5.74, 6) is -1.71. The molecule has 1 aliphatic heterocycles. The van der Waals surface area contributed by atoms with E-state index in [4.69, 9.17) is 0 Å². The topological polar surface area (TPSA) is 3.24 Å². The molecule has 0 aromatic heterocycles. The van der Waals surface area contributed by atoms with Crippen LogP contribution in [0, 0.1) is 5.92 Å². The molecule has 2 aliphatic rings. The molecule has 20 heavy (non-hydrogen) atoms. The Kier molecular flexibility index (Phi) is 4.06. The first-order valence-electron chi connectivity index (χ1n) is 7.78. The summed E-state index contributed by atoms with van der Waals surface area (Å²) in [4.78, 5) is 2.46. The first-order valence-corrected chi connectivity index (χ1v) is 7.78. The first-order chi connectivity index (χ1) is 9.62. The van der Waals surface area contributed by atoms with Crippen LogP contribution in [0.1, 0.15) is 37.7 Å². The Morgan fingerprint density at radius 1 is 1.05 bits per heavy atom. The minimum atomic E-state index is -2.40. The van der Waals surface area contributed by atoms with Crippen LogP contribution in [-0.2, 0) is 6.42 Å². The Labute approximate surface area is 120 Å². The van der Waals surface area contributed by atoms with E-state index in [-0.39, 0.29) is 12.8 Å². The van der Waals surface area contributed by atoms with Crippen LogP contribution in [-0.4, -0.2) is 30.0 Å². The van der Waals surface area contributed by atoms with Gasteiger partial charge in [0.25, 0.3) is 0 Å². The van der Waals surface area contributed by atoms with Gasteiger partial charge in [0.05, 0.1) is 0 Å². The standard InChI is InChI=1S/C17H23F2N/c18-17(19)9-6-16(7-10-17)20-11-8-15(13-20)12-14-4-2-1-3-5-14/h1-5,15-16H,6-13H2. The van der Waals surface area contributed by atoms with E-state index < -0.39 is 5.92 Å². The van der Waals surface area contributed by atoms with Gasteiger partial charge in [0.15, 0.2) is 0 Å². The molecule has 1 heterocycles. The highest BCUT2D eigenvalue weighted by atomic mass is 19.3. The molecule has 0 N–H and O–H groups in total. The van der Waals surface area contributed by atoms with Crippen molar-refractivity contribution in [3.8, 4) is 0 Å². The number of nitrogens with zero attached hydrogens (tertiary/aromatic N) is 1. The van der Waals surface area contributed by atoms with Gasteiger partial charge in [-0.25, -0.2) is 8.78 Å². The van der Waals surface area contributed by atoms with Crippen LogP contribution in [0.5, 0.6) is 0 Å². The van der Waals surface area contributed by atoms with Gasteiger partial charge in [-0.15, -0.1) is 0 Å². The summed E-state index contributed by atoms with van der Waals surface area (Å²) in [6.45, 7) is 2.18. The fraction of sp³-hybridized carbons (Fsp3) is 0.647. The van der Waals surface area contributed by atoms with Crippen LogP contribution in [0.15, 0.2) is 30.3 Å². The summed E-state index contributed by atoms with van der Waals surface area (Å²) in [5, 5.41) is 0. The van der Waals surface area contributed by atoms with E-state index in [1.165, 1.54) is 12.0 Å². The second-order valence-corrected chi connectivity index (χ2v) is 6.43. The summed E-state index contributed by atoms with van der Waals surface area (Å²) in [5.41, 5.74) is 1.40. The summed E-state index contributed by atoms with van der Waals surface area (Å²) >= 11 is 0. The van der Waals surface area contributed by atoms with Gasteiger partial charge >= 0.3 is 0 Å². The second-order valence-electron chi connectivity index (χ2n) is 6.43. The molecule has 1 unspecified atom stereocenters.